The summed E-state index contributed by atoms with van der Waals surface area (Å²) < 4.78 is 1.71. The lowest BCUT2D eigenvalue weighted by atomic mass is 9.83. The van der Waals surface area contributed by atoms with Crippen molar-refractivity contribution in [3.8, 4) is 0 Å². The van der Waals surface area contributed by atoms with Crippen LogP contribution >= 0.6 is 24.4 Å². The molecule has 0 saturated carbocycles. The summed E-state index contributed by atoms with van der Waals surface area (Å²) in [5.74, 6) is 0. The van der Waals surface area contributed by atoms with Gasteiger partial charge in [0.25, 0.3) is 0 Å². The second-order valence-corrected chi connectivity index (χ2v) is 5.01. The Morgan fingerprint density at radius 1 is 1.15 bits per heavy atom. The van der Waals surface area contributed by atoms with Gasteiger partial charge in [-0.1, -0.05) is 45.2 Å². The second kappa shape index (κ2) is 3.46. The Morgan fingerprint density at radius 2 is 1.69 bits per heavy atom. The minimum Gasteiger partial charge on any atom is -0.384 e. The molecule has 0 aromatic heterocycles. The summed E-state index contributed by atoms with van der Waals surface area (Å²) >= 11 is 10.4. The Bertz CT molecular complexity index is 378. The number of rotatable bonds is 2. The van der Waals surface area contributed by atoms with Crippen molar-refractivity contribution in [3.05, 3.63) is 14.6 Å². The maximum atomic E-state index is 5.23. The van der Waals surface area contributed by atoms with Crippen LogP contribution in [0.1, 0.15) is 33.3 Å². The van der Waals surface area contributed by atoms with Crippen LogP contribution in [0.15, 0.2) is 0 Å². The summed E-state index contributed by atoms with van der Waals surface area (Å²) in [4.78, 5) is 0. The third kappa shape index (κ3) is 1.81. The lowest BCUT2D eigenvalue weighted by molar-refractivity contribution is 0.585. The molecule has 13 heavy (non-hydrogen) atoms. The summed E-state index contributed by atoms with van der Waals surface area (Å²) in [5, 5.41) is 3.27. The van der Waals surface area contributed by atoms with E-state index in [0.29, 0.717) is 0 Å². The van der Waals surface area contributed by atoms with Crippen LogP contribution in [0.25, 0.3) is 0 Å². The Hall–Kier alpha value is -0.280. The van der Waals surface area contributed by atoms with Gasteiger partial charge in [-0.3, -0.25) is 0 Å². The summed E-state index contributed by atoms with van der Waals surface area (Å²) in [7, 11) is 0. The largest absolute Gasteiger partial charge is 0.384 e. The van der Waals surface area contributed by atoms with Crippen LogP contribution in [-0.2, 0) is 5.41 Å². The zero-order valence-corrected chi connectivity index (χ0v) is 10.2. The van der Waals surface area contributed by atoms with Gasteiger partial charge >= 0.3 is 0 Å². The number of anilines is 1. The van der Waals surface area contributed by atoms with E-state index >= 15 is 0 Å². The van der Waals surface area contributed by atoms with E-state index in [2.05, 4.69) is 33.0 Å². The molecule has 1 nitrogen and oxygen atoms in total. The first kappa shape index (κ1) is 10.8. The van der Waals surface area contributed by atoms with Gasteiger partial charge in [-0.2, -0.15) is 0 Å². The molecule has 0 aliphatic rings. The topological polar surface area (TPSA) is 12.0 Å². The molecule has 0 saturated heterocycles. The highest BCUT2D eigenvalue weighted by atomic mass is 32.1. The number of nitrogens with one attached hydrogen (secondary N) is 1. The van der Waals surface area contributed by atoms with Crippen LogP contribution in [0, 0.1) is 9.02 Å². The first-order valence-electron chi connectivity index (χ1n) is 4.47. The zero-order valence-electron chi connectivity index (χ0n) is 8.52. The van der Waals surface area contributed by atoms with Crippen molar-refractivity contribution in [2.24, 2.45) is 0 Å². The summed E-state index contributed by atoms with van der Waals surface area (Å²) in [6.45, 7) is 9.45. The zero-order chi connectivity index (χ0) is 10.2. The predicted molar refractivity (Wildman–Crippen MR) is 63.3 cm³/mol. The molecule has 0 bridgehead atoms. The van der Waals surface area contributed by atoms with Crippen LogP contribution < -0.4 is 5.32 Å². The molecule has 0 aliphatic carbocycles. The van der Waals surface area contributed by atoms with E-state index in [1.807, 2.05) is 0 Å². The molecule has 0 unspecified atom stereocenters. The van der Waals surface area contributed by atoms with E-state index in [0.717, 1.165) is 21.3 Å². The van der Waals surface area contributed by atoms with E-state index in [1.54, 1.807) is 0 Å². The minimum absolute atomic E-state index is 0.108. The standard InChI is InChI=1S/C10H15NS2/c1-5-11-7-6(10(2,3)4)8(12)9(7)13/h11H,5H2,1-4H3. The lowest BCUT2D eigenvalue weighted by Gasteiger charge is -2.26. The number of hydrogen-bond acceptors (Lipinski definition) is 3. The maximum Gasteiger partial charge on any atom is 0.0796 e. The SMILES string of the molecule is CCNc1c(C(C)(C)C)c(=S)c1=S. The average Bonchev–Trinajstić information content (AvgIpc) is 2.01. The fourth-order valence-corrected chi connectivity index (χ4v) is 2.24. The molecule has 72 valence electrons. The van der Waals surface area contributed by atoms with E-state index in [-0.39, 0.29) is 5.41 Å². The van der Waals surface area contributed by atoms with Crippen molar-refractivity contribution in [1.82, 2.24) is 0 Å². The molecular weight excluding hydrogens is 198 g/mol. The van der Waals surface area contributed by atoms with Gasteiger partial charge in [-0.15, -0.1) is 0 Å². The van der Waals surface area contributed by atoms with Gasteiger partial charge < -0.3 is 5.32 Å². The third-order valence-electron chi connectivity index (χ3n) is 2.01. The summed E-state index contributed by atoms with van der Waals surface area (Å²) in [5.41, 5.74) is 2.42. The van der Waals surface area contributed by atoms with E-state index in [1.165, 1.54) is 5.56 Å². The molecule has 3 heteroatoms. The van der Waals surface area contributed by atoms with Crippen LogP contribution in [0.4, 0.5) is 5.69 Å². The lowest BCUT2D eigenvalue weighted by Crippen LogP contribution is -2.19. The molecule has 0 aliphatic heterocycles. The molecule has 0 fully saturated rings. The molecule has 1 aromatic rings. The van der Waals surface area contributed by atoms with Crippen LogP contribution in [-0.4, -0.2) is 6.54 Å². The molecule has 0 radical (unpaired) electrons. The molecule has 1 N–H and O–H groups in total. The Labute approximate surface area is 89.9 Å². The van der Waals surface area contributed by atoms with E-state index < -0.39 is 0 Å². The Kier molecular flexibility index (Phi) is 2.88. The van der Waals surface area contributed by atoms with Crippen molar-refractivity contribution in [2.45, 2.75) is 33.1 Å². The van der Waals surface area contributed by atoms with E-state index in [4.69, 9.17) is 24.4 Å². The first-order chi connectivity index (χ1) is 5.89. The Balaban J connectivity index is 3.17. The van der Waals surface area contributed by atoms with Gasteiger partial charge in [-0.05, 0) is 12.3 Å². The molecule has 0 spiro atoms. The van der Waals surface area contributed by atoms with Crippen molar-refractivity contribution >= 4 is 30.1 Å². The highest BCUT2D eigenvalue weighted by Crippen LogP contribution is 2.36. The maximum absolute atomic E-state index is 5.23. The third-order valence-corrected chi connectivity index (χ3v) is 2.96. The van der Waals surface area contributed by atoms with E-state index in [9.17, 15) is 0 Å². The van der Waals surface area contributed by atoms with Crippen molar-refractivity contribution < 1.29 is 0 Å². The van der Waals surface area contributed by atoms with Crippen LogP contribution in [0.5, 0.6) is 0 Å². The van der Waals surface area contributed by atoms with Crippen molar-refractivity contribution in [3.63, 3.8) is 0 Å². The van der Waals surface area contributed by atoms with Gasteiger partial charge in [0.05, 0.1) is 14.7 Å². The Morgan fingerprint density at radius 3 is 2.08 bits per heavy atom. The quantitative estimate of drug-likeness (QED) is 0.751. The fourth-order valence-electron chi connectivity index (χ4n) is 1.45. The van der Waals surface area contributed by atoms with Gasteiger partial charge in [0, 0.05) is 12.1 Å². The van der Waals surface area contributed by atoms with Crippen LogP contribution in [0.3, 0.4) is 0 Å². The minimum atomic E-state index is 0.108. The first-order valence-corrected chi connectivity index (χ1v) is 5.29. The highest BCUT2D eigenvalue weighted by molar-refractivity contribution is 7.74. The van der Waals surface area contributed by atoms with Crippen molar-refractivity contribution in [2.75, 3.05) is 11.9 Å². The highest BCUT2D eigenvalue weighted by Gasteiger charge is 2.25. The molecule has 1 aromatic carbocycles. The summed E-state index contributed by atoms with van der Waals surface area (Å²) in [6.07, 6.45) is 0. The molecule has 0 atom stereocenters. The van der Waals surface area contributed by atoms with Crippen molar-refractivity contribution in [1.29, 1.82) is 0 Å². The molecular formula is C10H15NS2. The van der Waals surface area contributed by atoms with Gasteiger partial charge in [-0.25, -0.2) is 0 Å². The van der Waals surface area contributed by atoms with Gasteiger partial charge in [0.15, 0.2) is 0 Å². The van der Waals surface area contributed by atoms with Gasteiger partial charge in [0.1, 0.15) is 0 Å². The normalized spacial score (nSPS) is 12.0. The molecule has 1 rings (SSSR count). The van der Waals surface area contributed by atoms with Crippen LogP contribution in [0.2, 0.25) is 0 Å². The average molecular weight is 213 g/mol. The summed E-state index contributed by atoms with van der Waals surface area (Å²) in [6, 6.07) is 0. The predicted octanol–water partition coefficient (Wildman–Crippen LogP) is 3.75. The molecule has 0 amide bonds. The fraction of sp³-hybridized carbons (Fsp3) is 0.600. The smallest absolute Gasteiger partial charge is 0.0796 e. The second-order valence-electron chi connectivity index (χ2n) is 4.19. The molecule has 0 heterocycles. The monoisotopic (exact) mass is 213 g/mol. The van der Waals surface area contributed by atoms with Gasteiger partial charge in [0.2, 0.25) is 0 Å². The number of hydrogen-bond donors (Lipinski definition) is 1.